The lowest BCUT2D eigenvalue weighted by molar-refractivity contribution is 1.20. The number of aromatic nitrogens is 1. The van der Waals surface area contributed by atoms with Crippen LogP contribution in [0.5, 0.6) is 0 Å². The minimum absolute atomic E-state index is 1.08. The van der Waals surface area contributed by atoms with Gasteiger partial charge in [0.15, 0.2) is 0 Å². The van der Waals surface area contributed by atoms with E-state index in [4.69, 9.17) is 0 Å². The molecular formula is C72H48N2S. The zero-order chi connectivity index (χ0) is 49.7. The second-order valence-electron chi connectivity index (χ2n) is 19.2. The summed E-state index contributed by atoms with van der Waals surface area (Å²) in [5, 5.41) is 5.09. The number of anilines is 3. The molecule has 0 unspecified atom stereocenters. The van der Waals surface area contributed by atoms with Gasteiger partial charge in [0, 0.05) is 47.9 Å². The lowest BCUT2D eigenvalue weighted by atomic mass is 9.94. The summed E-state index contributed by atoms with van der Waals surface area (Å²) in [4.78, 5) is 2.41. The molecule has 14 aromatic rings. The zero-order valence-corrected chi connectivity index (χ0v) is 41.8. The van der Waals surface area contributed by atoms with Gasteiger partial charge in [0.1, 0.15) is 0 Å². The van der Waals surface area contributed by atoms with E-state index in [0.29, 0.717) is 0 Å². The van der Waals surface area contributed by atoms with Crippen LogP contribution in [0.3, 0.4) is 0 Å². The summed E-state index contributed by atoms with van der Waals surface area (Å²) < 4.78 is 5.09. The van der Waals surface area contributed by atoms with Gasteiger partial charge in [-0.3, -0.25) is 0 Å². The van der Waals surface area contributed by atoms with E-state index in [1.165, 1.54) is 103 Å². The highest BCUT2D eigenvalue weighted by atomic mass is 32.1. The Hall–Kier alpha value is -9.54. The molecular weight excluding hydrogens is 925 g/mol. The van der Waals surface area contributed by atoms with Crippen molar-refractivity contribution in [1.29, 1.82) is 0 Å². The van der Waals surface area contributed by atoms with Crippen LogP contribution in [0, 0.1) is 0 Å². The first-order valence-electron chi connectivity index (χ1n) is 25.6. The van der Waals surface area contributed by atoms with E-state index in [1.807, 2.05) is 11.3 Å². The summed E-state index contributed by atoms with van der Waals surface area (Å²) in [5.41, 5.74) is 21.1. The average Bonchev–Trinajstić information content (AvgIpc) is 4.05. The average molecular weight is 973 g/mol. The van der Waals surface area contributed by atoms with Crippen molar-refractivity contribution < 1.29 is 0 Å². The minimum Gasteiger partial charge on any atom is -0.310 e. The maximum Gasteiger partial charge on any atom is 0.0555 e. The van der Waals surface area contributed by atoms with Gasteiger partial charge < -0.3 is 9.47 Å². The van der Waals surface area contributed by atoms with Gasteiger partial charge in [-0.05, 0) is 128 Å². The van der Waals surface area contributed by atoms with Gasteiger partial charge in [0.05, 0.1) is 22.4 Å². The molecule has 12 aromatic carbocycles. The van der Waals surface area contributed by atoms with Crippen LogP contribution in [0.15, 0.2) is 291 Å². The quantitative estimate of drug-likeness (QED) is 0.133. The highest BCUT2D eigenvalue weighted by Gasteiger charge is 2.21. The largest absolute Gasteiger partial charge is 0.310 e. The van der Waals surface area contributed by atoms with E-state index >= 15 is 0 Å². The van der Waals surface area contributed by atoms with Crippen molar-refractivity contribution in [1.82, 2.24) is 4.57 Å². The summed E-state index contributed by atoms with van der Waals surface area (Å²) in [5.74, 6) is 0. The molecule has 0 amide bonds. The van der Waals surface area contributed by atoms with Gasteiger partial charge in [-0.2, -0.15) is 0 Å². The van der Waals surface area contributed by atoms with Gasteiger partial charge in [-0.15, -0.1) is 11.3 Å². The van der Waals surface area contributed by atoms with Crippen LogP contribution < -0.4 is 4.90 Å². The van der Waals surface area contributed by atoms with E-state index in [-0.39, 0.29) is 0 Å². The highest BCUT2D eigenvalue weighted by molar-refractivity contribution is 7.25. The minimum atomic E-state index is 1.08. The molecule has 0 fully saturated rings. The van der Waals surface area contributed by atoms with Crippen molar-refractivity contribution in [2.24, 2.45) is 0 Å². The summed E-state index contributed by atoms with van der Waals surface area (Å²) in [6.45, 7) is 0. The monoisotopic (exact) mass is 972 g/mol. The lowest BCUT2D eigenvalue weighted by Crippen LogP contribution is -2.11. The number of hydrogen-bond donors (Lipinski definition) is 0. The molecule has 352 valence electrons. The van der Waals surface area contributed by atoms with Crippen molar-refractivity contribution >= 4 is 70.4 Å². The Balaban J connectivity index is 0.871. The number of para-hydroxylation sites is 2. The molecule has 0 aliphatic rings. The highest BCUT2D eigenvalue weighted by Crippen LogP contribution is 2.46. The summed E-state index contributed by atoms with van der Waals surface area (Å²) >= 11 is 1.87. The summed E-state index contributed by atoms with van der Waals surface area (Å²) in [6, 6.07) is 106. The van der Waals surface area contributed by atoms with Crippen LogP contribution in [0.4, 0.5) is 17.1 Å². The topological polar surface area (TPSA) is 8.17 Å². The fourth-order valence-electron chi connectivity index (χ4n) is 11.2. The smallest absolute Gasteiger partial charge is 0.0555 e. The Morgan fingerprint density at radius 2 is 0.680 bits per heavy atom. The SMILES string of the molecule is c1ccc(-c2ccc(-c3ccc(N(c4ccc(-c5ccc(-c6ccccc6)cc5)cc4)c4ccccc4-c4cccc(-c5cccc6c5c5ccccc5n6-c5cccc6sc7ccccc7c56)c4)cc3)cc2)cc1. The molecule has 0 radical (unpaired) electrons. The van der Waals surface area contributed by atoms with Crippen LogP contribution in [0.1, 0.15) is 0 Å². The zero-order valence-electron chi connectivity index (χ0n) is 41.0. The maximum absolute atomic E-state index is 2.49. The van der Waals surface area contributed by atoms with E-state index in [1.54, 1.807) is 0 Å². The fraction of sp³-hybridized carbons (Fsp3) is 0. The summed E-state index contributed by atoms with van der Waals surface area (Å²) in [6.07, 6.45) is 0. The lowest BCUT2D eigenvalue weighted by Gasteiger charge is -2.28. The van der Waals surface area contributed by atoms with Gasteiger partial charge in [0.2, 0.25) is 0 Å². The standard InChI is InChI=1S/C72H48N2S/c1-3-16-49(17-4-1)51-32-36-53(37-33-51)55-40-44-59(45-41-55)73(60-46-42-56(43-47-60)54-38-34-52(35-39-54)50-18-5-2-6-19-50)65-26-10-7-22-61(65)57-20-13-21-58(48-57)62-25-14-28-67-71(62)63-23-8-11-27-66(63)74(67)68-29-15-31-70-72(68)64-24-9-12-30-69(64)75-70/h1-48H. The molecule has 0 bridgehead atoms. The first-order valence-corrected chi connectivity index (χ1v) is 26.5. The molecule has 3 heteroatoms. The normalized spacial score (nSPS) is 11.5. The Morgan fingerprint density at radius 3 is 1.29 bits per heavy atom. The molecule has 0 atom stereocenters. The molecule has 2 heterocycles. The van der Waals surface area contributed by atoms with Crippen LogP contribution >= 0.6 is 11.3 Å². The van der Waals surface area contributed by atoms with Crippen LogP contribution in [0.25, 0.3) is 114 Å². The van der Waals surface area contributed by atoms with Gasteiger partial charge in [-0.1, -0.05) is 224 Å². The van der Waals surface area contributed by atoms with E-state index in [2.05, 4.69) is 301 Å². The third kappa shape index (κ3) is 7.99. The van der Waals surface area contributed by atoms with Crippen molar-refractivity contribution in [3.05, 3.63) is 291 Å². The molecule has 0 spiro atoms. The molecule has 75 heavy (non-hydrogen) atoms. The van der Waals surface area contributed by atoms with Crippen molar-refractivity contribution in [3.63, 3.8) is 0 Å². The van der Waals surface area contributed by atoms with Crippen molar-refractivity contribution in [3.8, 4) is 72.4 Å². The Kier molecular flexibility index (Phi) is 11.1. The van der Waals surface area contributed by atoms with Crippen LogP contribution in [0.2, 0.25) is 0 Å². The third-order valence-corrected chi connectivity index (χ3v) is 16.0. The molecule has 2 nitrogen and oxygen atoms in total. The van der Waals surface area contributed by atoms with Gasteiger partial charge in [-0.25, -0.2) is 0 Å². The predicted octanol–water partition coefficient (Wildman–Crippen LogP) is 20.6. The first kappa shape index (κ1) is 44.2. The van der Waals surface area contributed by atoms with Crippen LogP contribution in [-0.2, 0) is 0 Å². The van der Waals surface area contributed by atoms with Crippen molar-refractivity contribution in [2.45, 2.75) is 0 Å². The Labute approximate surface area is 440 Å². The number of benzene rings is 12. The second kappa shape index (κ2) is 18.8. The number of hydrogen-bond acceptors (Lipinski definition) is 2. The molecule has 0 aliphatic carbocycles. The number of fused-ring (bicyclic) bond motifs is 6. The van der Waals surface area contributed by atoms with Gasteiger partial charge in [0.25, 0.3) is 0 Å². The van der Waals surface area contributed by atoms with E-state index in [9.17, 15) is 0 Å². The summed E-state index contributed by atoms with van der Waals surface area (Å²) in [7, 11) is 0. The molecule has 0 saturated heterocycles. The number of thiophene rings is 1. The third-order valence-electron chi connectivity index (χ3n) is 14.9. The predicted molar refractivity (Wildman–Crippen MR) is 321 cm³/mol. The molecule has 14 rings (SSSR count). The molecule has 0 saturated carbocycles. The molecule has 0 aliphatic heterocycles. The molecule has 2 aromatic heterocycles. The Morgan fingerprint density at radius 1 is 0.267 bits per heavy atom. The Bertz CT molecular complexity index is 4230. The van der Waals surface area contributed by atoms with Crippen LogP contribution in [-0.4, -0.2) is 4.57 Å². The fourth-order valence-corrected chi connectivity index (χ4v) is 12.4. The second-order valence-corrected chi connectivity index (χ2v) is 20.3. The maximum atomic E-state index is 2.49. The number of nitrogens with zero attached hydrogens (tertiary/aromatic N) is 2. The number of rotatable bonds is 10. The first-order chi connectivity index (χ1) is 37.2. The molecule has 0 N–H and O–H groups in total. The van der Waals surface area contributed by atoms with Crippen molar-refractivity contribution in [2.75, 3.05) is 4.90 Å². The van der Waals surface area contributed by atoms with E-state index < -0.39 is 0 Å². The van der Waals surface area contributed by atoms with Gasteiger partial charge >= 0.3 is 0 Å². The van der Waals surface area contributed by atoms with E-state index in [0.717, 1.165) is 28.2 Å².